The molecule has 2 aliphatic heterocycles. The number of thioether (sulfide) groups is 1. The van der Waals surface area contributed by atoms with Gasteiger partial charge in [0.25, 0.3) is 0 Å². The number of rotatable bonds is 6. The summed E-state index contributed by atoms with van der Waals surface area (Å²) in [6.45, 7) is 4.22. The highest BCUT2D eigenvalue weighted by molar-refractivity contribution is 7.99. The van der Waals surface area contributed by atoms with Crippen molar-refractivity contribution in [2.24, 2.45) is 5.92 Å². The third-order valence-electron chi connectivity index (χ3n) is 4.27. The lowest BCUT2D eigenvalue weighted by atomic mass is 9.79. The first-order valence-corrected chi connectivity index (χ1v) is 8.73. The van der Waals surface area contributed by atoms with Crippen molar-refractivity contribution >= 4 is 17.5 Å². The summed E-state index contributed by atoms with van der Waals surface area (Å²) >= 11 is 2.01. The van der Waals surface area contributed by atoms with Crippen LogP contribution in [0.5, 0.6) is 0 Å². The van der Waals surface area contributed by atoms with Gasteiger partial charge in [0.2, 0.25) is 0 Å². The normalized spacial score (nSPS) is 26.5. The lowest BCUT2D eigenvalue weighted by Crippen LogP contribution is -2.44. The van der Waals surface area contributed by atoms with Crippen LogP contribution in [0.15, 0.2) is 0 Å². The van der Waals surface area contributed by atoms with Crippen LogP contribution in [-0.4, -0.2) is 42.7 Å². The number of carbonyl (C=O) groups excluding carboxylic acids is 1. The van der Waals surface area contributed by atoms with Crippen molar-refractivity contribution < 1.29 is 14.3 Å². The van der Waals surface area contributed by atoms with Crippen LogP contribution < -0.4 is 0 Å². The van der Waals surface area contributed by atoms with Crippen molar-refractivity contribution in [1.82, 2.24) is 0 Å². The molecular weight excluding hydrogens is 260 g/mol. The van der Waals surface area contributed by atoms with Crippen LogP contribution in [0, 0.1) is 5.92 Å². The van der Waals surface area contributed by atoms with Gasteiger partial charge >= 0.3 is 0 Å². The van der Waals surface area contributed by atoms with Crippen molar-refractivity contribution in [2.75, 3.05) is 31.3 Å². The van der Waals surface area contributed by atoms with Crippen molar-refractivity contribution in [3.8, 4) is 0 Å². The van der Waals surface area contributed by atoms with E-state index in [-0.39, 0.29) is 11.5 Å². The van der Waals surface area contributed by atoms with E-state index in [9.17, 15) is 4.79 Å². The molecule has 0 bridgehead atoms. The molecule has 2 aliphatic rings. The Kier molecular flexibility index (Phi) is 6.17. The molecule has 0 aromatic heterocycles. The fraction of sp³-hybridized carbons (Fsp3) is 0.933. The van der Waals surface area contributed by atoms with Crippen molar-refractivity contribution in [2.45, 2.75) is 51.0 Å². The number of carbonyl (C=O) groups is 1. The zero-order valence-corrected chi connectivity index (χ0v) is 12.8. The average molecular weight is 286 g/mol. The Hall–Kier alpha value is -0.0600. The molecule has 1 unspecified atom stereocenters. The molecule has 19 heavy (non-hydrogen) atoms. The minimum absolute atomic E-state index is 0.0315. The van der Waals surface area contributed by atoms with Crippen LogP contribution in [0.25, 0.3) is 0 Å². The van der Waals surface area contributed by atoms with Gasteiger partial charge < -0.3 is 9.47 Å². The van der Waals surface area contributed by atoms with E-state index in [4.69, 9.17) is 9.47 Å². The Morgan fingerprint density at radius 1 is 1.42 bits per heavy atom. The van der Waals surface area contributed by atoms with Gasteiger partial charge in [-0.15, -0.1) is 0 Å². The van der Waals surface area contributed by atoms with E-state index in [0.717, 1.165) is 45.3 Å². The Morgan fingerprint density at radius 2 is 2.21 bits per heavy atom. The second kappa shape index (κ2) is 7.65. The van der Waals surface area contributed by atoms with Crippen LogP contribution >= 0.6 is 11.8 Å². The highest BCUT2D eigenvalue weighted by atomic mass is 32.2. The van der Waals surface area contributed by atoms with Crippen LogP contribution in [-0.2, 0) is 14.3 Å². The zero-order valence-electron chi connectivity index (χ0n) is 12.0. The Labute approximate surface area is 120 Å². The molecule has 0 saturated carbocycles. The van der Waals surface area contributed by atoms with Gasteiger partial charge in [0.15, 0.2) is 0 Å². The molecule has 4 heteroatoms. The molecule has 0 radical (unpaired) electrons. The molecule has 1 spiro atoms. The third-order valence-corrected chi connectivity index (χ3v) is 5.25. The highest BCUT2D eigenvalue weighted by Crippen LogP contribution is 2.40. The monoisotopic (exact) mass is 286 g/mol. The van der Waals surface area contributed by atoms with E-state index in [0.29, 0.717) is 18.8 Å². The molecular formula is C15H26O3S. The zero-order chi connectivity index (χ0) is 13.6. The second-order valence-corrected chi connectivity index (χ2v) is 6.83. The topological polar surface area (TPSA) is 35.5 Å². The highest BCUT2D eigenvalue weighted by Gasteiger charge is 2.40. The second-order valence-electron chi connectivity index (χ2n) is 5.60. The summed E-state index contributed by atoms with van der Waals surface area (Å²) in [5, 5.41) is 0. The first-order valence-electron chi connectivity index (χ1n) is 7.58. The van der Waals surface area contributed by atoms with Crippen molar-refractivity contribution in [3.05, 3.63) is 0 Å². The van der Waals surface area contributed by atoms with Crippen LogP contribution in [0.4, 0.5) is 0 Å². The molecule has 2 heterocycles. The van der Waals surface area contributed by atoms with Crippen molar-refractivity contribution in [1.29, 1.82) is 0 Å². The molecule has 3 nitrogen and oxygen atoms in total. The first kappa shape index (κ1) is 15.3. The van der Waals surface area contributed by atoms with E-state index in [1.54, 1.807) is 0 Å². The van der Waals surface area contributed by atoms with Gasteiger partial charge in [-0.05, 0) is 50.5 Å². The van der Waals surface area contributed by atoms with Gasteiger partial charge in [0.1, 0.15) is 5.78 Å². The first-order chi connectivity index (χ1) is 9.26. The Morgan fingerprint density at radius 3 is 2.95 bits per heavy atom. The van der Waals surface area contributed by atoms with Gasteiger partial charge in [0, 0.05) is 32.2 Å². The van der Waals surface area contributed by atoms with Crippen LogP contribution in [0.1, 0.15) is 45.4 Å². The minimum atomic E-state index is 0.0315. The maximum absolute atomic E-state index is 12.3. The smallest absolute Gasteiger partial charge is 0.136 e. The maximum Gasteiger partial charge on any atom is 0.136 e. The standard InChI is InChI=1S/C15H26O3S/c1-2-17-8-3-4-14(16)13-5-9-18-15(12-13)6-10-19-11-7-15/h13H,2-12H2,1H3. The maximum atomic E-state index is 12.3. The van der Waals surface area contributed by atoms with E-state index < -0.39 is 0 Å². The van der Waals surface area contributed by atoms with Gasteiger partial charge in [-0.3, -0.25) is 4.79 Å². The largest absolute Gasteiger partial charge is 0.382 e. The molecule has 0 aromatic rings. The summed E-state index contributed by atoms with van der Waals surface area (Å²) < 4.78 is 11.3. The molecule has 0 aromatic carbocycles. The van der Waals surface area contributed by atoms with E-state index in [1.165, 1.54) is 11.5 Å². The Bertz CT molecular complexity index is 282. The summed E-state index contributed by atoms with van der Waals surface area (Å²) in [4.78, 5) is 12.3. The molecule has 2 saturated heterocycles. The summed E-state index contributed by atoms with van der Waals surface area (Å²) in [7, 11) is 0. The number of hydrogen-bond acceptors (Lipinski definition) is 4. The lowest BCUT2D eigenvalue weighted by Gasteiger charge is -2.43. The van der Waals surface area contributed by atoms with Crippen LogP contribution in [0.3, 0.4) is 0 Å². The van der Waals surface area contributed by atoms with Gasteiger partial charge in [-0.2, -0.15) is 11.8 Å². The number of Topliss-reactive ketones (excluding diaryl/α,β-unsaturated/α-hetero) is 1. The van der Waals surface area contributed by atoms with Gasteiger partial charge in [-0.25, -0.2) is 0 Å². The summed E-state index contributed by atoms with van der Waals surface area (Å²) in [5.74, 6) is 3.04. The fourth-order valence-corrected chi connectivity index (χ4v) is 4.33. The SMILES string of the molecule is CCOCCCC(=O)C1CCOC2(CCSCC2)C1. The molecule has 0 N–H and O–H groups in total. The predicted molar refractivity (Wildman–Crippen MR) is 78.7 cm³/mol. The fourth-order valence-electron chi connectivity index (χ4n) is 3.09. The van der Waals surface area contributed by atoms with Crippen LogP contribution in [0.2, 0.25) is 0 Å². The lowest BCUT2D eigenvalue weighted by molar-refractivity contribution is -0.138. The Balaban J connectivity index is 1.78. The van der Waals surface area contributed by atoms with E-state index >= 15 is 0 Å². The number of hydrogen-bond donors (Lipinski definition) is 0. The quantitative estimate of drug-likeness (QED) is 0.703. The number of ketones is 1. The van der Waals surface area contributed by atoms with E-state index in [2.05, 4.69) is 0 Å². The minimum Gasteiger partial charge on any atom is -0.382 e. The summed E-state index contributed by atoms with van der Waals surface area (Å²) in [6, 6.07) is 0. The molecule has 1 atom stereocenters. The molecule has 2 rings (SSSR count). The van der Waals surface area contributed by atoms with Gasteiger partial charge in [0.05, 0.1) is 5.60 Å². The molecule has 0 aliphatic carbocycles. The van der Waals surface area contributed by atoms with Gasteiger partial charge in [-0.1, -0.05) is 0 Å². The molecule has 110 valence electrons. The molecule has 2 fully saturated rings. The van der Waals surface area contributed by atoms with Crippen molar-refractivity contribution in [3.63, 3.8) is 0 Å². The summed E-state index contributed by atoms with van der Waals surface area (Å²) in [5.41, 5.74) is 0.0315. The summed E-state index contributed by atoms with van der Waals surface area (Å²) in [6.07, 6.45) is 5.67. The third kappa shape index (κ3) is 4.47. The predicted octanol–water partition coefficient (Wildman–Crippen LogP) is 3.06. The average Bonchev–Trinajstić information content (AvgIpc) is 2.44. The molecule has 0 amide bonds. The van der Waals surface area contributed by atoms with E-state index in [1.807, 2.05) is 18.7 Å². The number of ether oxygens (including phenoxy) is 2.